The molecule has 0 aliphatic heterocycles. The molecule has 0 amide bonds. The number of hydrogen-bond donors (Lipinski definition) is 1. The van der Waals surface area contributed by atoms with E-state index in [1.165, 1.54) is 5.57 Å². The molecule has 0 spiro atoms. The highest BCUT2D eigenvalue weighted by molar-refractivity contribution is 5.73. The molecule has 0 aromatic heterocycles. The van der Waals surface area contributed by atoms with Crippen molar-refractivity contribution in [2.24, 2.45) is 11.3 Å². The molecular formula is C15H22O2. The van der Waals surface area contributed by atoms with Crippen molar-refractivity contribution in [3.8, 4) is 0 Å². The van der Waals surface area contributed by atoms with Crippen LogP contribution in [0, 0.1) is 11.3 Å². The van der Waals surface area contributed by atoms with Crippen LogP contribution in [0.1, 0.15) is 46.0 Å². The molecule has 2 nitrogen and oxygen atoms in total. The summed E-state index contributed by atoms with van der Waals surface area (Å²) >= 11 is 0. The Labute approximate surface area is 103 Å². The molecule has 0 bridgehead atoms. The van der Waals surface area contributed by atoms with Crippen molar-refractivity contribution in [2.45, 2.75) is 52.1 Å². The summed E-state index contributed by atoms with van der Waals surface area (Å²) in [4.78, 5) is 11.0. The van der Waals surface area contributed by atoms with E-state index in [0.29, 0.717) is 5.92 Å². The maximum Gasteiger partial charge on any atom is 0.145 e. The van der Waals surface area contributed by atoms with Gasteiger partial charge < -0.3 is 5.11 Å². The van der Waals surface area contributed by atoms with E-state index in [-0.39, 0.29) is 11.5 Å². The lowest BCUT2D eigenvalue weighted by Crippen LogP contribution is -2.20. The molecule has 0 unspecified atom stereocenters. The average Bonchev–Trinajstić information content (AvgIpc) is 2.96. The van der Waals surface area contributed by atoms with E-state index in [2.05, 4.69) is 26.0 Å². The first-order chi connectivity index (χ1) is 8.06. The van der Waals surface area contributed by atoms with E-state index in [9.17, 15) is 9.90 Å². The first-order valence-electron chi connectivity index (χ1n) is 6.56. The van der Waals surface area contributed by atoms with Crippen molar-refractivity contribution in [1.82, 2.24) is 0 Å². The second-order valence-electron chi connectivity index (χ2n) is 5.82. The van der Waals surface area contributed by atoms with Crippen molar-refractivity contribution in [1.29, 1.82) is 0 Å². The second kappa shape index (κ2) is 4.77. The molecule has 0 aromatic rings. The van der Waals surface area contributed by atoms with Gasteiger partial charge in [0.25, 0.3) is 0 Å². The lowest BCUT2D eigenvalue weighted by molar-refractivity contribution is -0.105. The van der Waals surface area contributed by atoms with Crippen molar-refractivity contribution in [3.05, 3.63) is 23.3 Å². The number of fused-ring (bicyclic) bond motifs is 1. The van der Waals surface area contributed by atoms with Gasteiger partial charge in [0.1, 0.15) is 6.29 Å². The average molecular weight is 234 g/mol. The third kappa shape index (κ3) is 2.68. The van der Waals surface area contributed by atoms with Crippen LogP contribution in [0.15, 0.2) is 23.3 Å². The Kier molecular flexibility index (Phi) is 3.53. The van der Waals surface area contributed by atoms with Crippen LogP contribution in [0.5, 0.6) is 0 Å². The predicted molar refractivity (Wildman–Crippen MR) is 68.6 cm³/mol. The van der Waals surface area contributed by atoms with Crippen LogP contribution < -0.4 is 0 Å². The van der Waals surface area contributed by atoms with Gasteiger partial charge in [-0.25, -0.2) is 0 Å². The number of carbonyl (C=O) groups is 1. The molecule has 1 fully saturated rings. The zero-order valence-corrected chi connectivity index (χ0v) is 10.8. The fraction of sp³-hybridized carbons (Fsp3) is 0.667. The highest BCUT2D eigenvalue weighted by Gasteiger charge is 2.53. The number of carbonyl (C=O) groups excluding carboxylic acids is 1. The van der Waals surface area contributed by atoms with E-state index in [1.54, 1.807) is 0 Å². The highest BCUT2D eigenvalue weighted by atomic mass is 16.3. The molecule has 1 N–H and O–H groups in total. The molecule has 2 rings (SSSR count). The smallest absolute Gasteiger partial charge is 0.145 e. The van der Waals surface area contributed by atoms with Gasteiger partial charge >= 0.3 is 0 Å². The van der Waals surface area contributed by atoms with Crippen LogP contribution in [-0.2, 0) is 4.79 Å². The quantitative estimate of drug-likeness (QED) is 0.559. The van der Waals surface area contributed by atoms with Gasteiger partial charge in [0.15, 0.2) is 0 Å². The third-order valence-electron chi connectivity index (χ3n) is 4.41. The van der Waals surface area contributed by atoms with Crippen molar-refractivity contribution >= 4 is 6.29 Å². The topological polar surface area (TPSA) is 37.3 Å². The monoisotopic (exact) mass is 234 g/mol. The highest BCUT2D eigenvalue weighted by Crippen LogP contribution is 2.57. The Bertz CT molecular complexity index is 367. The lowest BCUT2D eigenvalue weighted by atomic mass is 9.93. The van der Waals surface area contributed by atoms with E-state index >= 15 is 0 Å². The predicted octanol–water partition coefficient (Wildman–Crippen LogP) is 3.02. The molecule has 0 radical (unpaired) electrons. The van der Waals surface area contributed by atoms with Gasteiger partial charge in [-0.2, -0.15) is 0 Å². The molecule has 0 saturated heterocycles. The van der Waals surface area contributed by atoms with Gasteiger partial charge in [0.05, 0.1) is 6.10 Å². The van der Waals surface area contributed by atoms with Gasteiger partial charge in [-0.1, -0.05) is 24.6 Å². The Morgan fingerprint density at radius 1 is 1.47 bits per heavy atom. The first-order valence-corrected chi connectivity index (χ1v) is 6.56. The SMILES string of the molecule is C/C1=C\CC/C(C=O)=C/[C@H]2C[C@]2(C)[C@@H](O)CC1. The van der Waals surface area contributed by atoms with Crippen molar-refractivity contribution in [2.75, 3.05) is 0 Å². The second-order valence-corrected chi connectivity index (χ2v) is 5.82. The number of aliphatic hydroxyl groups is 1. The minimum absolute atomic E-state index is 0.0128. The van der Waals surface area contributed by atoms with Crippen molar-refractivity contribution in [3.63, 3.8) is 0 Å². The zero-order valence-electron chi connectivity index (χ0n) is 10.8. The number of hydrogen-bond acceptors (Lipinski definition) is 2. The fourth-order valence-corrected chi connectivity index (χ4v) is 2.77. The van der Waals surface area contributed by atoms with E-state index in [0.717, 1.165) is 44.0 Å². The van der Waals surface area contributed by atoms with Crippen LogP contribution in [0.4, 0.5) is 0 Å². The van der Waals surface area contributed by atoms with Gasteiger partial charge in [-0.3, -0.25) is 4.79 Å². The number of rotatable bonds is 1. The molecular weight excluding hydrogens is 212 g/mol. The van der Waals surface area contributed by atoms with Crippen molar-refractivity contribution < 1.29 is 9.90 Å². The third-order valence-corrected chi connectivity index (χ3v) is 4.41. The molecule has 2 aliphatic carbocycles. The van der Waals surface area contributed by atoms with Crippen LogP contribution >= 0.6 is 0 Å². The summed E-state index contributed by atoms with van der Waals surface area (Å²) in [5.74, 6) is 0.399. The Hall–Kier alpha value is -0.890. The standard InChI is InChI=1S/C15H22O2/c1-11-4-3-5-12(10-16)8-13-9-15(13,2)14(17)7-6-11/h4,8,10,13-14,17H,3,5-7,9H2,1-2H3/b11-4+,12-8-/t13-,14-,15-/m0/s1. The summed E-state index contributed by atoms with van der Waals surface area (Å²) in [6, 6.07) is 0. The Morgan fingerprint density at radius 3 is 2.94 bits per heavy atom. The zero-order chi connectivity index (χ0) is 12.5. The van der Waals surface area contributed by atoms with Gasteiger partial charge in [0.2, 0.25) is 0 Å². The molecule has 0 heterocycles. The summed E-state index contributed by atoms with van der Waals surface area (Å²) in [7, 11) is 0. The maximum atomic E-state index is 11.0. The normalized spacial score (nSPS) is 44.4. The largest absolute Gasteiger partial charge is 0.393 e. The number of aldehydes is 1. The van der Waals surface area contributed by atoms with Gasteiger partial charge in [-0.05, 0) is 50.5 Å². The summed E-state index contributed by atoms with van der Waals surface area (Å²) in [6.45, 7) is 4.25. The maximum absolute atomic E-state index is 11.0. The van der Waals surface area contributed by atoms with Crippen LogP contribution in [0.3, 0.4) is 0 Å². The number of allylic oxidation sites excluding steroid dienone is 4. The first kappa shape index (κ1) is 12.6. The van der Waals surface area contributed by atoms with E-state index < -0.39 is 0 Å². The number of aliphatic hydroxyl groups excluding tert-OH is 1. The van der Waals surface area contributed by atoms with Crippen LogP contribution in [0.2, 0.25) is 0 Å². The minimum Gasteiger partial charge on any atom is -0.393 e. The summed E-state index contributed by atoms with van der Waals surface area (Å²) < 4.78 is 0. The fourth-order valence-electron chi connectivity index (χ4n) is 2.77. The van der Waals surface area contributed by atoms with Gasteiger partial charge in [-0.15, -0.1) is 0 Å². The molecule has 2 heteroatoms. The molecule has 94 valence electrons. The van der Waals surface area contributed by atoms with Crippen LogP contribution in [0.25, 0.3) is 0 Å². The van der Waals surface area contributed by atoms with E-state index in [1.807, 2.05) is 0 Å². The minimum atomic E-state index is -0.238. The summed E-state index contributed by atoms with van der Waals surface area (Å²) in [5.41, 5.74) is 2.24. The molecule has 1 saturated carbocycles. The lowest BCUT2D eigenvalue weighted by Gasteiger charge is -2.18. The van der Waals surface area contributed by atoms with Crippen LogP contribution in [-0.4, -0.2) is 17.5 Å². The molecule has 2 aliphatic rings. The van der Waals surface area contributed by atoms with Gasteiger partial charge in [0, 0.05) is 5.41 Å². The molecule has 0 aromatic carbocycles. The summed E-state index contributed by atoms with van der Waals surface area (Å²) in [6.07, 6.45) is 9.64. The molecule has 17 heavy (non-hydrogen) atoms. The molecule has 3 atom stereocenters. The van der Waals surface area contributed by atoms with E-state index in [4.69, 9.17) is 0 Å². The summed E-state index contributed by atoms with van der Waals surface area (Å²) in [5, 5.41) is 10.2. The Morgan fingerprint density at radius 2 is 2.24 bits per heavy atom. The Balaban J connectivity index is 2.17.